The van der Waals surface area contributed by atoms with Crippen LogP contribution in [0.5, 0.6) is 5.75 Å². The highest BCUT2D eigenvalue weighted by atomic mass is 19.4. The Morgan fingerprint density at radius 2 is 1.97 bits per heavy atom. The summed E-state index contributed by atoms with van der Waals surface area (Å²) in [6.45, 7) is -1.64. The molecule has 2 aromatic heterocycles. The van der Waals surface area contributed by atoms with Crippen molar-refractivity contribution in [3.8, 4) is 17.0 Å². The van der Waals surface area contributed by atoms with Crippen LogP contribution in [0, 0.1) is 5.82 Å². The Kier molecular flexibility index (Phi) is 5.27. The molecule has 1 amide bonds. The molecule has 12 heteroatoms. The summed E-state index contributed by atoms with van der Waals surface area (Å²) in [5.41, 5.74) is -0.0299. The number of halogens is 5. The molecule has 0 atom stereocenters. The van der Waals surface area contributed by atoms with Gasteiger partial charge in [-0.05, 0) is 18.2 Å². The quantitative estimate of drug-likeness (QED) is 0.501. The Morgan fingerprint density at radius 1 is 1.18 bits per heavy atom. The molecule has 0 aliphatic carbocycles. The molecule has 7 nitrogen and oxygen atoms in total. The van der Waals surface area contributed by atoms with E-state index >= 15 is 0 Å². The first-order valence-electron chi connectivity index (χ1n) is 10.2. The molecule has 1 aromatic carbocycles. The van der Waals surface area contributed by atoms with Gasteiger partial charge in [-0.2, -0.15) is 18.3 Å². The fraction of sp³-hybridized carbons (Fsp3) is 0.318. The second-order valence-electron chi connectivity index (χ2n) is 8.16. The second kappa shape index (κ2) is 8.05. The number of fused-ring (bicyclic) bond motifs is 1. The minimum absolute atomic E-state index is 0.0235. The van der Waals surface area contributed by atoms with Crippen molar-refractivity contribution in [2.24, 2.45) is 0 Å². The zero-order valence-corrected chi connectivity index (χ0v) is 17.5. The van der Waals surface area contributed by atoms with Crippen LogP contribution >= 0.6 is 0 Å². The normalized spacial score (nSPS) is 17.0. The number of amides is 1. The number of hydrogen-bond acceptors (Lipinski definition) is 5. The molecule has 2 aliphatic rings. The average molecular weight is 480 g/mol. The van der Waals surface area contributed by atoms with Crippen LogP contribution in [0.25, 0.3) is 11.3 Å². The Labute approximate surface area is 189 Å². The van der Waals surface area contributed by atoms with Crippen molar-refractivity contribution < 1.29 is 36.2 Å². The SMILES string of the molecule is O=C1c2ccnc(-c3ccc(F)cc3OCC(F)(F)F)c2CN1c1cnn(CC2(F)COC2)c1. The Balaban J connectivity index is 1.45. The first-order chi connectivity index (χ1) is 16.1. The van der Waals surface area contributed by atoms with Gasteiger partial charge in [-0.1, -0.05) is 0 Å². The summed E-state index contributed by atoms with van der Waals surface area (Å²) in [5.74, 6) is -1.49. The number of alkyl halides is 4. The number of carbonyl (C=O) groups is 1. The van der Waals surface area contributed by atoms with Crippen LogP contribution in [0.1, 0.15) is 15.9 Å². The van der Waals surface area contributed by atoms with Gasteiger partial charge < -0.3 is 14.4 Å². The molecule has 5 rings (SSSR count). The van der Waals surface area contributed by atoms with E-state index in [4.69, 9.17) is 9.47 Å². The van der Waals surface area contributed by atoms with Crippen LogP contribution in [0.15, 0.2) is 42.9 Å². The third-order valence-corrected chi connectivity index (χ3v) is 5.54. The number of benzene rings is 1. The molecule has 2 aliphatic heterocycles. The van der Waals surface area contributed by atoms with Gasteiger partial charge in [0.15, 0.2) is 12.3 Å². The summed E-state index contributed by atoms with van der Waals surface area (Å²) in [7, 11) is 0. The van der Waals surface area contributed by atoms with Crippen LogP contribution in [0.3, 0.4) is 0 Å². The standard InChI is InChI=1S/C22H17F5N4O3/c23-13-1-2-16(18(5-13)34-12-22(25,26)27)19-17-8-31(20(32)15(17)3-4-28-19)14-6-29-30(7-14)9-21(24)10-33-11-21/h1-7H,8-12H2. The molecular weight excluding hydrogens is 463 g/mol. The lowest BCUT2D eigenvalue weighted by Gasteiger charge is -2.33. The van der Waals surface area contributed by atoms with Gasteiger partial charge in [0.25, 0.3) is 5.91 Å². The maximum absolute atomic E-state index is 14.3. The summed E-state index contributed by atoms with van der Waals surface area (Å²) in [6.07, 6.45) is -0.312. The third-order valence-electron chi connectivity index (χ3n) is 5.54. The number of carbonyl (C=O) groups excluding carboxylic acids is 1. The van der Waals surface area contributed by atoms with Crippen LogP contribution in [-0.4, -0.2) is 52.3 Å². The van der Waals surface area contributed by atoms with E-state index in [-0.39, 0.29) is 49.2 Å². The Morgan fingerprint density at radius 3 is 2.68 bits per heavy atom. The van der Waals surface area contributed by atoms with Crippen molar-refractivity contribution in [1.82, 2.24) is 14.8 Å². The molecule has 4 heterocycles. The van der Waals surface area contributed by atoms with E-state index < -0.39 is 24.3 Å². The van der Waals surface area contributed by atoms with Crippen LogP contribution in [0.2, 0.25) is 0 Å². The second-order valence-corrected chi connectivity index (χ2v) is 8.16. The Bertz CT molecular complexity index is 1260. The van der Waals surface area contributed by atoms with Crippen molar-refractivity contribution in [3.63, 3.8) is 0 Å². The van der Waals surface area contributed by atoms with E-state index in [9.17, 15) is 26.7 Å². The molecule has 0 radical (unpaired) electrons. The topological polar surface area (TPSA) is 69.5 Å². The van der Waals surface area contributed by atoms with E-state index in [1.807, 2.05) is 0 Å². The van der Waals surface area contributed by atoms with Gasteiger partial charge in [0, 0.05) is 35.2 Å². The number of aromatic nitrogens is 3. The summed E-state index contributed by atoms with van der Waals surface area (Å²) in [4.78, 5) is 18.7. The maximum atomic E-state index is 14.3. The summed E-state index contributed by atoms with van der Waals surface area (Å²) in [5, 5.41) is 4.12. The lowest BCUT2D eigenvalue weighted by atomic mass is 10.0. The predicted molar refractivity (Wildman–Crippen MR) is 109 cm³/mol. The van der Waals surface area contributed by atoms with Gasteiger partial charge in [-0.25, -0.2) is 8.78 Å². The van der Waals surface area contributed by atoms with E-state index in [0.717, 1.165) is 12.1 Å². The molecule has 0 saturated carbocycles. The van der Waals surface area contributed by atoms with E-state index in [0.29, 0.717) is 16.8 Å². The van der Waals surface area contributed by atoms with Crippen molar-refractivity contribution >= 4 is 11.6 Å². The van der Waals surface area contributed by atoms with Crippen LogP contribution in [0.4, 0.5) is 27.6 Å². The molecule has 178 valence electrons. The molecule has 0 spiro atoms. The lowest BCUT2D eigenvalue weighted by molar-refractivity contribution is -0.153. The zero-order chi connectivity index (χ0) is 24.1. The van der Waals surface area contributed by atoms with E-state index in [2.05, 4.69) is 10.1 Å². The van der Waals surface area contributed by atoms with E-state index in [1.165, 1.54) is 40.3 Å². The average Bonchev–Trinajstić information content (AvgIpc) is 3.35. The minimum atomic E-state index is -4.62. The van der Waals surface area contributed by atoms with Gasteiger partial charge in [0.1, 0.15) is 11.6 Å². The van der Waals surface area contributed by atoms with Gasteiger partial charge in [-0.15, -0.1) is 0 Å². The van der Waals surface area contributed by atoms with Crippen molar-refractivity contribution in [1.29, 1.82) is 0 Å². The minimum Gasteiger partial charge on any atom is -0.483 e. The van der Waals surface area contributed by atoms with Gasteiger partial charge in [0.05, 0.1) is 43.9 Å². The van der Waals surface area contributed by atoms with Crippen molar-refractivity contribution in [3.05, 3.63) is 59.8 Å². The predicted octanol–water partition coefficient (Wildman–Crippen LogP) is 3.92. The van der Waals surface area contributed by atoms with Gasteiger partial charge in [0.2, 0.25) is 0 Å². The number of ether oxygens (including phenoxy) is 2. The third kappa shape index (κ3) is 4.20. The number of anilines is 1. The summed E-state index contributed by atoms with van der Waals surface area (Å²) in [6, 6.07) is 4.67. The molecule has 1 fully saturated rings. The highest BCUT2D eigenvalue weighted by Crippen LogP contribution is 2.38. The van der Waals surface area contributed by atoms with Crippen LogP contribution in [-0.2, 0) is 17.8 Å². The number of nitrogens with zero attached hydrogens (tertiary/aromatic N) is 4. The van der Waals surface area contributed by atoms with E-state index in [1.54, 1.807) is 0 Å². The molecule has 34 heavy (non-hydrogen) atoms. The highest BCUT2D eigenvalue weighted by molar-refractivity contribution is 6.11. The number of rotatable bonds is 6. The smallest absolute Gasteiger partial charge is 0.422 e. The van der Waals surface area contributed by atoms with Crippen molar-refractivity contribution in [2.75, 3.05) is 24.7 Å². The molecule has 1 saturated heterocycles. The highest BCUT2D eigenvalue weighted by Gasteiger charge is 2.40. The van der Waals surface area contributed by atoms with Crippen molar-refractivity contribution in [2.45, 2.75) is 24.9 Å². The molecule has 3 aromatic rings. The largest absolute Gasteiger partial charge is 0.483 e. The summed E-state index contributed by atoms with van der Waals surface area (Å²) >= 11 is 0. The first-order valence-corrected chi connectivity index (χ1v) is 10.2. The Hall–Kier alpha value is -3.54. The lowest BCUT2D eigenvalue weighted by Crippen LogP contribution is -2.48. The van der Waals surface area contributed by atoms with Crippen LogP contribution < -0.4 is 9.64 Å². The monoisotopic (exact) mass is 480 g/mol. The maximum Gasteiger partial charge on any atom is 0.422 e. The first kappa shape index (κ1) is 22.3. The fourth-order valence-electron chi connectivity index (χ4n) is 3.92. The summed E-state index contributed by atoms with van der Waals surface area (Å²) < 4.78 is 77.3. The number of pyridine rings is 1. The molecule has 0 N–H and O–H groups in total. The van der Waals surface area contributed by atoms with Gasteiger partial charge >= 0.3 is 6.18 Å². The fourth-order valence-corrected chi connectivity index (χ4v) is 3.92. The molecule has 0 unspecified atom stereocenters. The number of hydrogen-bond donors (Lipinski definition) is 0. The molecule has 0 bridgehead atoms. The molecular formula is C22H17F5N4O3. The zero-order valence-electron chi connectivity index (χ0n) is 17.5. The van der Waals surface area contributed by atoms with Gasteiger partial charge in [-0.3, -0.25) is 14.5 Å².